The highest BCUT2D eigenvalue weighted by molar-refractivity contribution is 5.93. The minimum Gasteiger partial charge on any atom is -0.384 e. The molecular formula is C25H29N5O3. The number of carbonyl (C=O) groups is 2. The summed E-state index contributed by atoms with van der Waals surface area (Å²) in [7, 11) is 0. The molecule has 0 radical (unpaired) electrons. The van der Waals surface area contributed by atoms with Gasteiger partial charge in [0.05, 0.1) is 0 Å². The van der Waals surface area contributed by atoms with Crippen molar-refractivity contribution >= 4 is 23.3 Å². The third kappa shape index (κ3) is 6.29. The molecule has 8 heteroatoms. The number of hydrogen-bond acceptors (Lipinski definition) is 5. The van der Waals surface area contributed by atoms with Crippen molar-refractivity contribution in [3.63, 3.8) is 0 Å². The van der Waals surface area contributed by atoms with Gasteiger partial charge in [-0.25, -0.2) is 4.98 Å². The fourth-order valence-electron chi connectivity index (χ4n) is 3.54. The molecule has 3 aromatic rings. The maximum atomic E-state index is 12.6. The fraction of sp³-hybridized carbons (Fsp3) is 0.280. The van der Waals surface area contributed by atoms with Gasteiger partial charge in [0, 0.05) is 24.4 Å². The van der Waals surface area contributed by atoms with Crippen LogP contribution in [0.2, 0.25) is 0 Å². The lowest BCUT2D eigenvalue weighted by molar-refractivity contribution is -0.122. The van der Waals surface area contributed by atoms with Crippen LogP contribution in [0.4, 0.5) is 11.5 Å². The standard InChI is InChI=1S/C18H21N5O3.C7H8/c1-10-7-12-4-6-15(24)22-17(12)18(26)23(10)9-16(25)20-8-13-3-5-14(19)21-11(13)2;1-7-5-3-2-4-6-7/h3,5,7H,4,6,8-9H2,1-2H3,(H2,19,21)(H,20,25)(H,22,24);2-6H,1H3. The van der Waals surface area contributed by atoms with E-state index in [1.165, 1.54) is 10.1 Å². The van der Waals surface area contributed by atoms with E-state index in [1.807, 2.05) is 37.3 Å². The third-order valence-electron chi connectivity index (χ3n) is 5.41. The number of aromatic nitrogens is 2. The van der Waals surface area contributed by atoms with E-state index < -0.39 is 0 Å². The number of nitrogens with two attached hydrogens (primary N) is 1. The van der Waals surface area contributed by atoms with E-state index in [0.29, 0.717) is 30.9 Å². The molecule has 2 aromatic heterocycles. The Kier molecular flexibility index (Phi) is 7.61. The van der Waals surface area contributed by atoms with Gasteiger partial charge in [-0.15, -0.1) is 0 Å². The monoisotopic (exact) mass is 447 g/mol. The molecule has 0 fully saturated rings. The van der Waals surface area contributed by atoms with Gasteiger partial charge in [0.25, 0.3) is 5.56 Å². The Labute approximate surface area is 192 Å². The molecule has 1 aliphatic heterocycles. The van der Waals surface area contributed by atoms with Crippen LogP contribution in [0.1, 0.15) is 34.5 Å². The van der Waals surface area contributed by atoms with Gasteiger partial charge in [0.1, 0.15) is 18.1 Å². The van der Waals surface area contributed by atoms with Crippen molar-refractivity contribution in [1.82, 2.24) is 14.9 Å². The number of nitrogen functional groups attached to an aromatic ring is 1. The molecule has 33 heavy (non-hydrogen) atoms. The second-order valence-electron chi connectivity index (χ2n) is 8.04. The van der Waals surface area contributed by atoms with E-state index in [2.05, 4.69) is 34.7 Å². The molecule has 0 saturated carbocycles. The van der Waals surface area contributed by atoms with Crippen LogP contribution >= 0.6 is 0 Å². The van der Waals surface area contributed by atoms with E-state index in [-0.39, 0.29) is 29.6 Å². The smallest absolute Gasteiger partial charge is 0.275 e. The van der Waals surface area contributed by atoms with Gasteiger partial charge >= 0.3 is 0 Å². The summed E-state index contributed by atoms with van der Waals surface area (Å²) in [6, 6.07) is 15.6. The zero-order chi connectivity index (χ0) is 24.0. The highest BCUT2D eigenvalue weighted by Gasteiger charge is 2.21. The average molecular weight is 448 g/mol. The minimum atomic E-state index is -0.353. The van der Waals surface area contributed by atoms with E-state index in [9.17, 15) is 14.4 Å². The maximum Gasteiger partial charge on any atom is 0.275 e. The molecule has 2 amide bonds. The number of carbonyl (C=O) groups excluding carboxylic acids is 2. The fourth-order valence-corrected chi connectivity index (χ4v) is 3.54. The summed E-state index contributed by atoms with van der Waals surface area (Å²) in [6.45, 7) is 5.86. The van der Waals surface area contributed by atoms with Crippen molar-refractivity contribution in [3.05, 3.63) is 87.0 Å². The lowest BCUT2D eigenvalue weighted by Crippen LogP contribution is -2.36. The van der Waals surface area contributed by atoms with Crippen LogP contribution in [-0.4, -0.2) is 21.4 Å². The van der Waals surface area contributed by atoms with Crippen LogP contribution < -0.4 is 21.9 Å². The van der Waals surface area contributed by atoms with Crippen molar-refractivity contribution in [2.45, 2.75) is 46.7 Å². The lowest BCUT2D eigenvalue weighted by atomic mass is 10.0. The average Bonchev–Trinajstić information content (AvgIpc) is 2.78. The molecule has 0 saturated heterocycles. The van der Waals surface area contributed by atoms with Gasteiger partial charge in [-0.2, -0.15) is 0 Å². The summed E-state index contributed by atoms with van der Waals surface area (Å²) >= 11 is 0. The Balaban J connectivity index is 0.000000374. The molecule has 172 valence electrons. The summed E-state index contributed by atoms with van der Waals surface area (Å²) in [5.41, 5.74) is 9.96. The molecule has 8 nitrogen and oxygen atoms in total. The molecule has 0 spiro atoms. The quantitative estimate of drug-likeness (QED) is 0.568. The summed E-state index contributed by atoms with van der Waals surface area (Å²) in [4.78, 5) is 40.6. The Hall–Kier alpha value is -3.94. The van der Waals surface area contributed by atoms with E-state index in [1.54, 1.807) is 13.0 Å². The van der Waals surface area contributed by atoms with Crippen molar-refractivity contribution in [3.8, 4) is 0 Å². The van der Waals surface area contributed by atoms with Crippen LogP contribution in [0.15, 0.2) is 53.3 Å². The molecule has 1 aliphatic rings. The summed E-state index contributed by atoms with van der Waals surface area (Å²) < 4.78 is 1.37. The number of nitrogens with one attached hydrogen (secondary N) is 2. The van der Waals surface area contributed by atoms with Crippen LogP contribution in [0, 0.1) is 20.8 Å². The number of benzene rings is 1. The van der Waals surface area contributed by atoms with Crippen LogP contribution in [0.25, 0.3) is 0 Å². The first-order valence-corrected chi connectivity index (χ1v) is 10.8. The van der Waals surface area contributed by atoms with Crippen LogP contribution in [0.3, 0.4) is 0 Å². The molecule has 0 atom stereocenters. The second-order valence-corrected chi connectivity index (χ2v) is 8.04. The molecule has 3 heterocycles. The topological polar surface area (TPSA) is 119 Å². The van der Waals surface area contributed by atoms with Crippen LogP contribution in [-0.2, 0) is 29.1 Å². The molecule has 0 aliphatic carbocycles. The van der Waals surface area contributed by atoms with Crippen molar-refractivity contribution in [2.75, 3.05) is 11.1 Å². The Morgan fingerprint density at radius 3 is 2.45 bits per heavy atom. The minimum absolute atomic E-state index is 0.116. The molecule has 0 bridgehead atoms. The van der Waals surface area contributed by atoms with Crippen molar-refractivity contribution in [2.24, 2.45) is 0 Å². The summed E-state index contributed by atoms with van der Waals surface area (Å²) in [5, 5.41) is 5.40. The maximum absolute atomic E-state index is 12.6. The normalized spacial score (nSPS) is 12.2. The number of rotatable bonds is 4. The molecule has 0 unspecified atom stereocenters. The van der Waals surface area contributed by atoms with Gasteiger partial charge in [0.15, 0.2) is 0 Å². The van der Waals surface area contributed by atoms with Crippen LogP contribution in [0.5, 0.6) is 0 Å². The van der Waals surface area contributed by atoms with Gasteiger partial charge in [-0.1, -0.05) is 42.0 Å². The van der Waals surface area contributed by atoms with Crippen molar-refractivity contribution < 1.29 is 9.59 Å². The molecular weight excluding hydrogens is 418 g/mol. The summed E-state index contributed by atoms with van der Waals surface area (Å²) in [6.07, 6.45) is 0.902. The number of anilines is 2. The number of hydrogen-bond donors (Lipinski definition) is 3. The first-order valence-electron chi connectivity index (χ1n) is 10.8. The Morgan fingerprint density at radius 1 is 1.09 bits per heavy atom. The highest BCUT2D eigenvalue weighted by Crippen LogP contribution is 2.19. The second kappa shape index (κ2) is 10.6. The SMILES string of the molecule is Cc1ccccc1.Cc1nc(N)ccc1CNC(=O)Cn1c(C)cc2c(c1=O)NC(=O)CC2. The number of aryl methyl sites for hydroxylation is 4. The first-order chi connectivity index (χ1) is 15.7. The number of pyridine rings is 2. The predicted octanol–water partition coefficient (Wildman–Crippen LogP) is 2.64. The molecule has 1 aromatic carbocycles. The third-order valence-corrected chi connectivity index (χ3v) is 5.41. The van der Waals surface area contributed by atoms with E-state index in [0.717, 1.165) is 16.8 Å². The van der Waals surface area contributed by atoms with Gasteiger partial charge in [0.2, 0.25) is 11.8 Å². The number of amides is 2. The molecule has 4 N–H and O–H groups in total. The van der Waals surface area contributed by atoms with E-state index in [4.69, 9.17) is 5.73 Å². The van der Waals surface area contributed by atoms with E-state index >= 15 is 0 Å². The number of nitrogens with zero attached hydrogens (tertiary/aromatic N) is 2. The van der Waals surface area contributed by atoms with Gasteiger partial charge in [-0.3, -0.25) is 14.4 Å². The van der Waals surface area contributed by atoms with Crippen molar-refractivity contribution in [1.29, 1.82) is 0 Å². The van der Waals surface area contributed by atoms with Gasteiger partial charge in [-0.05, 0) is 50.5 Å². The summed E-state index contributed by atoms with van der Waals surface area (Å²) in [5.74, 6) is -0.0508. The Morgan fingerprint density at radius 2 is 1.82 bits per heavy atom. The zero-order valence-corrected chi connectivity index (χ0v) is 19.1. The highest BCUT2D eigenvalue weighted by atomic mass is 16.2. The first kappa shape index (κ1) is 23.7. The lowest BCUT2D eigenvalue weighted by Gasteiger charge is -2.19. The van der Waals surface area contributed by atoms with Gasteiger partial charge < -0.3 is 20.9 Å². The largest absolute Gasteiger partial charge is 0.384 e. The zero-order valence-electron chi connectivity index (χ0n) is 19.1. The Bertz CT molecular complexity index is 1220. The molecule has 4 rings (SSSR count). The predicted molar refractivity (Wildman–Crippen MR) is 129 cm³/mol. The number of fused-ring (bicyclic) bond motifs is 1.